The van der Waals surface area contributed by atoms with Crippen molar-refractivity contribution in [3.05, 3.63) is 88.4 Å². The lowest BCUT2D eigenvalue weighted by molar-refractivity contribution is -0.122. The van der Waals surface area contributed by atoms with E-state index >= 15 is 0 Å². The van der Waals surface area contributed by atoms with Crippen LogP contribution >= 0.6 is 23.2 Å². The summed E-state index contributed by atoms with van der Waals surface area (Å²) in [5.74, 6) is -0.666. The maximum atomic E-state index is 13.7. The predicted molar refractivity (Wildman–Crippen MR) is 130 cm³/mol. The van der Waals surface area contributed by atoms with Crippen LogP contribution in [-0.2, 0) is 26.2 Å². The fraction of sp³-hybridized carbons (Fsp3) is 0.167. The van der Waals surface area contributed by atoms with Crippen LogP contribution in [0.15, 0.2) is 77.7 Å². The van der Waals surface area contributed by atoms with Crippen molar-refractivity contribution in [1.82, 2.24) is 4.31 Å². The van der Waals surface area contributed by atoms with Crippen LogP contribution in [0.1, 0.15) is 12.0 Å². The van der Waals surface area contributed by atoms with Gasteiger partial charge in [0.05, 0.1) is 24.1 Å². The second kappa shape index (κ2) is 9.76. The van der Waals surface area contributed by atoms with Crippen molar-refractivity contribution >= 4 is 50.7 Å². The third-order valence-electron chi connectivity index (χ3n) is 5.51. The molecule has 1 saturated heterocycles. The summed E-state index contributed by atoms with van der Waals surface area (Å²) in [6.45, 7) is -0.188. The molecule has 0 aromatic heterocycles. The van der Waals surface area contributed by atoms with Gasteiger partial charge in [-0.25, -0.2) is 13.3 Å². The van der Waals surface area contributed by atoms with Gasteiger partial charge in [-0.05, 0) is 60.2 Å². The van der Waals surface area contributed by atoms with E-state index in [2.05, 4.69) is 0 Å². The maximum absolute atomic E-state index is 13.7. The number of anilines is 1. The number of ether oxygens (including phenoxy) is 1. The first-order valence-electron chi connectivity index (χ1n) is 10.2. The molecule has 2 amide bonds. The normalized spacial score (nSPS) is 16.4. The van der Waals surface area contributed by atoms with Crippen molar-refractivity contribution in [3.8, 4) is 5.75 Å². The third kappa shape index (κ3) is 4.67. The first-order chi connectivity index (χ1) is 16.2. The minimum absolute atomic E-state index is 0.0365. The SMILES string of the molecule is COc1ccc(S(=O)(=O)N(Cc2ccccc2Cl)C2CC(=O)N(c3ccc(Cl)cc3)C2=O)cc1. The Bertz CT molecular complexity index is 1330. The average Bonchev–Trinajstić information content (AvgIpc) is 3.12. The Morgan fingerprint density at radius 3 is 2.24 bits per heavy atom. The van der Waals surface area contributed by atoms with Crippen LogP contribution in [0.25, 0.3) is 0 Å². The molecule has 0 N–H and O–H groups in total. The van der Waals surface area contributed by atoms with E-state index < -0.39 is 27.9 Å². The molecule has 3 aromatic carbocycles. The van der Waals surface area contributed by atoms with Crippen LogP contribution in [0.2, 0.25) is 10.0 Å². The van der Waals surface area contributed by atoms with E-state index in [1.54, 1.807) is 36.4 Å². The molecule has 1 fully saturated rings. The van der Waals surface area contributed by atoms with E-state index in [4.69, 9.17) is 27.9 Å². The topological polar surface area (TPSA) is 84.0 Å². The molecule has 1 unspecified atom stereocenters. The average molecular weight is 519 g/mol. The summed E-state index contributed by atoms with van der Waals surface area (Å²) >= 11 is 12.2. The van der Waals surface area contributed by atoms with Gasteiger partial charge in [0, 0.05) is 16.6 Å². The van der Waals surface area contributed by atoms with Gasteiger partial charge in [0.2, 0.25) is 15.9 Å². The molecule has 1 atom stereocenters. The van der Waals surface area contributed by atoms with Crippen molar-refractivity contribution in [1.29, 1.82) is 0 Å². The number of benzene rings is 3. The van der Waals surface area contributed by atoms with Gasteiger partial charge >= 0.3 is 0 Å². The number of halogens is 2. The number of amides is 2. The standard InChI is InChI=1S/C24H20Cl2N2O5S/c1-33-19-10-12-20(13-11-19)34(31,32)27(15-16-4-2-3-5-21(16)26)22-14-23(29)28(24(22)30)18-8-6-17(25)7-9-18/h2-13,22H,14-15H2,1H3. The molecule has 10 heteroatoms. The number of methoxy groups -OCH3 is 1. The summed E-state index contributed by atoms with van der Waals surface area (Å²) in [6.07, 6.45) is -0.304. The number of sulfonamides is 1. The van der Waals surface area contributed by atoms with E-state index in [1.807, 2.05) is 0 Å². The lowest BCUT2D eigenvalue weighted by Crippen LogP contribution is -2.45. The Balaban J connectivity index is 1.76. The van der Waals surface area contributed by atoms with Crippen LogP contribution in [0, 0.1) is 0 Å². The second-order valence-electron chi connectivity index (χ2n) is 7.58. The molecule has 34 heavy (non-hydrogen) atoms. The molecule has 176 valence electrons. The van der Waals surface area contributed by atoms with E-state index in [0.717, 1.165) is 9.21 Å². The van der Waals surface area contributed by atoms with E-state index in [9.17, 15) is 18.0 Å². The number of carbonyl (C=O) groups is 2. The molecule has 0 aliphatic carbocycles. The molecule has 0 bridgehead atoms. The first-order valence-corrected chi connectivity index (χ1v) is 12.4. The molecular weight excluding hydrogens is 499 g/mol. The summed E-state index contributed by atoms with van der Waals surface area (Å²) in [4.78, 5) is 27.2. The van der Waals surface area contributed by atoms with Gasteiger partial charge in [-0.2, -0.15) is 4.31 Å². The molecule has 1 heterocycles. The Kier molecular flexibility index (Phi) is 6.95. The lowest BCUT2D eigenvalue weighted by Gasteiger charge is -2.27. The van der Waals surface area contributed by atoms with E-state index in [-0.39, 0.29) is 17.9 Å². The van der Waals surface area contributed by atoms with Crippen LogP contribution in [0.4, 0.5) is 5.69 Å². The van der Waals surface area contributed by atoms with Crippen molar-refractivity contribution in [3.63, 3.8) is 0 Å². The molecule has 3 aromatic rings. The Morgan fingerprint density at radius 2 is 1.62 bits per heavy atom. The molecule has 4 rings (SSSR count). The maximum Gasteiger partial charge on any atom is 0.252 e. The van der Waals surface area contributed by atoms with Gasteiger partial charge in [-0.3, -0.25) is 9.59 Å². The highest BCUT2D eigenvalue weighted by atomic mass is 35.5. The Morgan fingerprint density at radius 1 is 0.971 bits per heavy atom. The highest BCUT2D eigenvalue weighted by Crippen LogP contribution is 2.32. The van der Waals surface area contributed by atoms with E-state index in [0.29, 0.717) is 27.0 Å². The fourth-order valence-electron chi connectivity index (χ4n) is 3.74. The third-order valence-corrected chi connectivity index (χ3v) is 7.99. The monoisotopic (exact) mass is 518 g/mol. The molecule has 0 radical (unpaired) electrons. The van der Waals surface area contributed by atoms with Crippen LogP contribution < -0.4 is 9.64 Å². The molecule has 0 spiro atoms. The van der Waals surface area contributed by atoms with Gasteiger partial charge in [0.15, 0.2) is 0 Å². The van der Waals surface area contributed by atoms with Gasteiger partial charge in [0.1, 0.15) is 11.8 Å². The second-order valence-corrected chi connectivity index (χ2v) is 10.3. The van der Waals surface area contributed by atoms with E-state index in [1.165, 1.54) is 43.5 Å². The minimum atomic E-state index is -4.19. The summed E-state index contributed by atoms with van der Waals surface area (Å²) < 4.78 is 33.6. The molecule has 7 nitrogen and oxygen atoms in total. The number of nitrogens with zero attached hydrogens (tertiary/aromatic N) is 2. The van der Waals surface area contributed by atoms with Crippen molar-refractivity contribution in [2.45, 2.75) is 23.9 Å². The van der Waals surface area contributed by atoms with Crippen LogP contribution in [0.5, 0.6) is 5.75 Å². The summed E-state index contributed by atoms with van der Waals surface area (Å²) in [5, 5.41) is 0.797. The zero-order valence-electron chi connectivity index (χ0n) is 18.0. The van der Waals surface area contributed by atoms with Crippen LogP contribution in [0.3, 0.4) is 0 Å². The number of hydrogen-bond acceptors (Lipinski definition) is 5. The quantitative estimate of drug-likeness (QED) is 0.429. The van der Waals surface area contributed by atoms with Crippen molar-refractivity contribution < 1.29 is 22.7 Å². The lowest BCUT2D eigenvalue weighted by atomic mass is 10.2. The molecule has 0 saturated carbocycles. The van der Waals surface area contributed by atoms with Crippen LogP contribution in [-0.4, -0.2) is 37.7 Å². The Labute approximate surface area is 207 Å². The van der Waals surface area contributed by atoms with Gasteiger partial charge < -0.3 is 4.74 Å². The summed E-state index contributed by atoms with van der Waals surface area (Å²) in [5.41, 5.74) is 0.827. The van der Waals surface area contributed by atoms with Gasteiger partial charge in [0.25, 0.3) is 5.91 Å². The zero-order valence-corrected chi connectivity index (χ0v) is 20.3. The number of hydrogen-bond donors (Lipinski definition) is 0. The summed E-state index contributed by atoms with van der Waals surface area (Å²) in [7, 11) is -2.72. The molecule has 1 aliphatic heterocycles. The smallest absolute Gasteiger partial charge is 0.252 e. The van der Waals surface area contributed by atoms with Crippen molar-refractivity contribution in [2.75, 3.05) is 12.0 Å². The van der Waals surface area contributed by atoms with Gasteiger partial charge in [-0.15, -0.1) is 0 Å². The first kappa shape index (κ1) is 24.2. The highest BCUT2D eigenvalue weighted by molar-refractivity contribution is 7.89. The largest absolute Gasteiger partial charge is 0.497 e. The molecule has 1 aliphatic rings. The Hall–Kier alpha value is -2.91. The fourth-order valence-corrected chi connectivity index (χ4v) is 5.62. The van der Waals surface area contributed by atoms with Crippen molar-refractivity contribution in [2.24, 2.45) is 0 Å². The van der Waals surface area contributed by atoms with Gasteiger partial charge in [-0.1, -0.05) is 41.4 Å². The highest BCUT2D eigenvalue weighted by Gasteiger charge is 2.47. The summed E-state index contributed by atoms with van der Waals surface area (Å²) in [6, 6.07) is 17.5. The zero-order chi connectivity index (χ0) is 24.5. The molecular formula is C24H20Cl2N2O5S. The number of imide groups is 1. The predicted octanol–water partition coefficient (Wildman–Crippen LogP) is 4.53. The number of rotatable bonds is 7. The number of carbonyl (C=O) groups excluding carboxylic acids is 2. The minimum Gasteiger partial charge on any atom is -0.497 e.